The molecule has 0 aliphatic carbocycles. The zero-order chi connectivity index (χ0) is 18.1. The van der Waals surface area contributed by atoms with E-state index in [4.69, 9.17) is 21.4 Å². The lowest BCUT2D eigenvalue weighted by Gasteiger charge is -2.12. The Hall–Kier alpha value is -2.55. The van der Waals surface area contributed by atoms with Gasteiger partial charge in [0.1, 0.15) is 17.1 Å². The molecule has 0 aliphatic rings. The number of carboxylic acids is 1. The highest BCUT2D eigenvalue weighted by atomic mass is 35.5. The highest BCUT2D eigenvalue weighted by Gasteiger charge is 2.32. The predicted molar refractivity (Wildman–Crippen MR) is 71.5 cm³/mol. The van der Waals surface area contributed by atoms with Crippen LogP contribution in [0.25, 0.3) is 0 Å². The first-order chi connectivity index (χ1) is 11.1. The predicted octanol–water partition coefficient (Wildman–Crippen LogP) is 5.01. The fraction of sp³-hybridized carbons (Fsp3) is 0.0714. The molecule has 0 aromatic heterocycles. The minimum atomic E-state index is -5.08. The van der Waals surface area contributed by atoms with Crippen molar-refractivity contribution in [1.82, 2.24) is 0 Å². The minimum absolute atomic E-state index is 0.369. The molecule has 1 N–H and O–H groups in total. The zero-order valence-corrected chi connectivity index (χ0v) is 12.1. The van der Waals surface area contributed by atoms with E-state index in [1.807, 2.05) is 0 Å². The molecule has 0 unspecified atom stereocenters. The van der Waals surface area contributed by atoms with Crippen LogP contribution in [-0.4, -0.2) is 17.4 Å². The molecule has 0 atom stereocenters. The first kappa shape index (κ1) is 17.8. The maximum absolute atomic E-state index is 13.7. The van der Waals surface area contributed by atoms with Gasteiger partial charge in [0.25, 0.3) is 0 Å². The molecule has 0 amide bonds. The fourth-order valence-corrected chi connectivity index (χ4v) is 1.85. The van der Waals surface area contributed by atoms with Crippen LogP contribution in [-0.2, 0) is 0 Å². The van der Waals surface area contributed by atoms with E-state index in [9.17, 15) is 26.7 Å². The monoisotopic (exact) mass is 368 g/mol. The normalized spacial score (nSPS) is 11.2. The molecule has 128 valence electrons. The molecule has 24 heavy (non-hydrogen) atoms. The van der Waals surface area contributed by atoms with Gasteiger partial charge in [-0.25, -0.2) is 13.6 Å². The molecule has 10 heteroatoms. The smallest absolute Gasteiger partial charge is 0.477 e. The number of hydrogen-bond donors (Lipinski definition) is 1. The van der Waals surface area contributed by atoms with Gasteiger partial charge in [0.05, 0.1) is 5.02 Å². The molecular weight excluding hydrogens is 363 g/mol. The molecule has 2 aromatic carbocycles. The Kier molecular flexibility index (Phi) is 4.83. The second kappa shape index (κ2) is 6.52. The SMILES string of the molecule is O=C(O)c1c(Oc2ccc(OC(F)(F)F)c(F)c2)ccc(Cl)c1F. The van der Waals surface area contributed by atoms with E-state index < -0.39 is 46.1 Å². The Morgan fingerprint density at radius 2 is 1.71 bits per heavy atom. The molecule has 0 saturated heterocycles. The first-order valence-electron chi connectivity index (χ1n) is 6.03. The number of alkyl halides is 3. The summed E-state index contributed by atoms with van der Waals surface area (Å²) < 4.78 is 71.9. The average molecular weight is 369 g/mol. The third kappa shape index (κ3) is 4.05. The van der Waals surface area contributed by atoms with Crippen molar-refractivity contribution in [2.45, 2.75) is 6.36 Å². The van der Waals surface area contributed by atoms with E-state index in [1.54, 1.807) is 0 Å². The summed E-state index contributed by atoms with van der Waals surface area (Å²) in [7, 11) is 0. The lowest BCUT2D eigenvalue weighted by molar-refractivity contribution is -0.275. The van der Waals surface area contributed by atoms with Crippen LogP contribution < -0.4 is 9.47 Å². The van der Waals surface area contributed by atoms with E-state index >= 15 is 0 Å². The van der Waals surface area contributed by atoms with E-state index in [2.05, 4.69) is 4.74 Å². The largest absolute Gasteiger partial charge is 0.573 e. The maximum Gasteiger partial charge on any atom is 0.573 e. The second-order valence-corrected chi connectivity index (χ2v) is 4.69. The first-order valence-corrected chi connectivity index (χ1v) is 6.40. The van der Waals surface area contributed by atoms with Crippen molar-refractivity contribution in [3.63, 3.8) is 0 Å². The summed E-state index contributed by atoms with van der Waals surface area (Å²) in [5.41, 5.74) is -0.904. The third-order valence-corrected chi connectivity index (χ3v) is 2.92. The van der Waals surface area contributed by atoms with Crippen LogP contribution in [0.2, 0.25) is 5.02 Å². The molecule has 0 heterocycles. The number of rotatable bonds is 4. The van der Waals surface area contributed by atoms with E-state index in [-0.39, 0.29) is 5.75 Å². The van der Waals surface area contributed by atoms with E-state index in [0.717, 1.165) is 18.2 Å². The van der Waals surface area contributed by atoms with Crippen molar-refractivity contribution in [3.8, 4) is 17.2 Å². The van der Waals surface area contributed by atoms with Gasteiger partial charge in [0.2, 0.25) is 0 Å². The van der Waals surface area contributed by atoms with Crippen LogP contribution in [0, 0.1) is 11.6 Å². The van der Waals surface area contributed by atoms with Crippen molar-refractivity contribution in [2.75, 3.05) is 0 Å². The summed E-state index contributed by atoms with van der Waals surface area (Å²) >= 11 is 5.46. The van der Waals surface area contributed by atoms with Gasteiger partial charge < -0.3 is 14.6 Å². The van der Waals surface area contributed by atoms with Gasteiger partial charge >= 0.3 is 12.3 Å². The third-order valence-electron chi connectivity index (χ3n) is 2.63. The van der Waals surface area contributed by atoms with Crippen LogP contribution in [0.5, 0.6) is 17.2 Å². The summed E-state index contributed by atoms with van der Waals surface area (Å²) in [5.74, 6) is -6.34. The van der Waals surface area contributed by atoms with Crippen molar-refractivity contribution in [3.05, 3.63) is 52.6 Å². The Morgan fingerprint density at radius 3 is 2.25 bits per heavy atom. The number of carbonyl (C=O) groups is 1. The number of aromatic carboxylic acids is 1. The molecule has 0 radical (unpaired) electrons. The topological polar surface area (TPSA) is 55.8 Å². The molecule has 0 spiro atoms. The molecule has 0 fully saturated rings. The summed E-state index contributed by atoms with van der Waals surface area (Å²) in [6.07, 6.45) is -5.08. The van der Waals surface area contributed by atoms with Crippen molar-refractivity contribution in [2.24, 2.45) is 0 Å². The van der Waals surface area contributed by atoms with Gasteiger partial charge in [-0.2, -0.15) is 0 Å². The van der Waals surface area contributed by atoms with Gasteiger partial charge in [0.15, 0.2) is 17.4 Å². The van der Waals surface area contributed by atoms with Crippen LogP contribution in [0.1, 0.15) is 10.4 Å². The molecule has 0 aliphatic heterocycles. The molecule has 2 aromatic rings. The van der Waals surface area contributed by atoms with Crippen molar-refractivity contribution in [1.29, 1.82) is 0 Å². The highest BCUT2D eigenvalue weighted by molar-refractivity contribution is 6.31. The zero-order valence-electron chi connectivity index (χ0n) is 11.3. The van der Waals surface area contributed by atoms with Crippen LogP contribution >= 0.6 is 11.6 Å². The average Bonchev–Trinajstić information content (AvgIpc) is 2.44. The number of ether oxygens (including phenoxy) is 2. The summed E-state index contributed by atoms with van der Waals surface area (Å²) in [5, 5.41) is 8.51. The van der Waals surface area contributed by atoms with Crippen LogP contribution in [0.3, 0.4) is 0 Å². The van der Waals surface area contributed by atoms with Gasteiger partial charge in [-0.3, -0.25) is 0 Å². The minimum Gasteiger partial charge on any atom is -0.477 e. The Labute approximate surface area is 136 Å². The number of carboxylic acid groups (broad SMARTS) is 1. The van der Waals surface area contributed by atoms with E-state index in [1.165, 1.54) is 0 Å². The molecule has 4 nitrogen and oxygen atoms in total. The van der Waals surface area contributed by atoms with E-state index in [0.29, 0.717) is 12.1 Å². The summed E-state index contributed by atoms with van der Waals surface area (Å²) in [6, 6.07) is 4.08. The second-order valence-electron chi connectivity index (χ2n) is 4.28. The molecule has 0 bridgehead atoms. The Bertz CT molecular complexity index is 791. The number of hydrogen-bond acceptors (Lipinski definition) is 3. The maximum atomic E-state index is 13.7. The molecule has 2 rings (SSSR count). The number of halogens is 6. The standard InChI is InChI=1S/C14H6ClF5O4/c15-7-2-4-10(11(12(7)17)13(21)22)23-6-1-3-9(8(16)5-6)24-14(18,19)20/h1-5H,(H,21,22). The van der Waals surface area contributed by atoms with Gasteiger partial charge in [-0.15, -0.1) is 13.2 Å². The summed E-state index contributed by atoms with van der Waals surface area (Å²) in [6.45, 7) is 0. The van der Waals surface area contributed by atoms with Gasteiger partial charge in [0, 0.05) is 6.07 Å². The van der Waals surface area contributed by atoms with Gasteiger partial charge in [-0.1, -0.05) is 11.6 Å². The molecule has 0 saturated carbocycles. The summed E-state index contributed by atoms with van der Waals surface area (Å²) in [4.78, 5) is 11.1. The van der Waals surface area contributed by atoms with Crippen LogP contribution in [0.4, 0.5) is 22.0 Å². The molecular formula is C14H6ClF5O4. The van der Waals surface area contributed by atoms with Crippen LogP contribution in [0.15, 0.2) is 30.3 Å². The lowest BCUT2D eigenvalue weighted by Crippen LogP contribution is -2.17. The Balaban J connectivity index is 2.34. The van der Waals surface area contributed by atoms with Crippen molar-refractivity contribution >= 4 is 17.6 Å². The highest BCUT2D eigenvalue weighted by Crippen LogP contribution is 2.33. The fourth-order valence-electron chi connectivity index (χ4n) is 1.70. The lowest BCUT2D eigenvalue weighted by atomic mass is 10.2. The van der Waals surface area contributed by atoms with Crippen molar-refractivity contribution < 1.29 is 41.3 Å². The van der Waals surface area contributed by atoms with Gasteiger partial charge in [-0.05, 0) is 24.3 Å². The Morgan fingerprint density at radius 1 is 1.08 bits per heavy atom. The quantitative estimate of drug-likeness (QED) is 0.771. The number of benzene rings is 2.